The van der Waals surface area contributed by atoms with Gasteiger partial charge in [-0.15, -0.1) is 0 Å². The first kappa shape index (κ1) is 26.6. The van der Waals surface area contributed by atoms with Crippen LogP contribution in [0.25, 0.3) is 22.2 Å². The quantitative estimate of drug-likeness (QED) is 0.356. The van der Waals surface area contributed by atoms with Gasteiger partial charge in [0.1, 0.15) is 23.0 Å². The van der Waals surface area contributed by atoms with Gasteiger partial charge in [-0.3, -0.25) is 19.6 Å². The number of nitrogens with one attached hydrogen (secondary N) is 2. The van der Waals surface area contributed by atoms with Crippen LogP contribution in [0.5, 0.6) is 0 Å². The molecule has 0 unspecified atom stereocenters. The van der Waals surface area contributed by atoms with Gasteiger partial charge in [-0.2, -0.15) is 0 Å². The number of aryl methyl sites for hydroxylation is 1. The van der Waals surface area contributed by atoms with Gasteiger partial charge in [0, 0.05) is 52.0 Å². The van der Waals surface area contributed by atoms with Gasteiger partial charge in [-0.05, 0) is 56.2 Å². The zero-order chi connectivity index (χ0) is 27.5. The average Bonchev–Trinajstić information content (AvgIpc) is 3.27. The number of piperazine rings is 1. The second-order valence-corrected chi connectivity index (χ2v) is 10.1. The van der Waals surface area contributed by atoms with Gasteiger partial charge in [0.15, 0.2) is 5.82 Å². The van der Waals surface area contributed by atoms with E-state index in [1.807, 2.05) is 29.7 Å². The minimum atomic E-state index is -0.342. The van der Waals surface area contributed by atoms with Crippen LogP contribution >= 0.6 is 0 Å². The number of imidazole rings is 1. The van der Waals surface area contributed by atoms with E-state index in [-0.39, 0.29) is 17.8 Å². The highest BCUT2D eigenvalue weighted by atomic mass is 19.1. The molecule has 4 aromatic rings. The number of aromatic nitrogens is 5. The first-order valence-corrected chi connectivity index (χ1v) is 13.2. The highest BCUT2D eigenvalue weighted by Crippen LogP contribution is 2.30. The van der Waals surface area contributed by atoms with Crippen molar-refractivity contribution in [3.05, 3.63) is 60.2 Å². The molecule has 39 heavy (non-hydrogen) atoms. The maximum absolute atomic E-state index is 15.0. The highest BCUT2D eigenvalue weighted by molar-refractivity contribution is 5.84. The number of hydrogen-bond donors (Lipinski definition) is 2. The number of fused-ring (bicyclic) bond motifs is 1. The first-order valence-electron chi connectivity index (χ1n) is 13.2. The molecule has 1 amide bonds. The number of hydrogen-bond acceptors (Lipinski definition) is 8. The number of carbonyl (C=O) groups is 1. The minimum absolute atomic E-state index is 0.0410. The fourth-order valence-corrected chi connectivity index (χ4v) is 5.01. The van der Waals surface area contributed by atoms with Crippen LogP contribution in [-0.4, -0.2) is 80.0 Å². The SMILES string of the molecule is CNC(=O)CN1CCN(Cc2cnc(Nc3cc(-c4cc(F)c5nc(C)n(C(C)C)c5c4)ccn3)cn2)CC1. The molecule has 1 aliphatic heterocycles. The molecule has 10 nitrogen and oxygen atoms in total. The van der Waals surface area contributed by atoms with Gasteiger partial charge in [0.25, 0.3) is 0 Å². The molecule has 0 bridgehead atoms. The van der Waals surface area contributed by atoms with Crippen molar-refractivity contribution in [2.45, 2.75) is 33.4 Å². The number of amides is 1. The number of rotatable bonds is 8. The van der Waals surface area contributed by atoms with Gasteiger partial charge in [0.2, 0.25) is 5.91 Å². The standard InChI is InChI=1S/C28H34FN9O/c1-18(2)38-19(3)34-28-23(29)11-21(12-24(28)38)20-5-6-31-25(13-20)35-26-15-32-22(14-33-26)16-36-7-9-37(10-8-36)17-27(39)30-4/h5-6,11-15,18H,7-10,16-17H2,1-4H3,(H,30,39)(H,31,33,35). The fourth-order valence-electron chi connectivity index (χ4n) is 5.01. The summed E-state index contributed by atoms with van der Waals surface area (Å²) in [5, 5.41) is 5.88. The Labute approximate surface area is 227 Å². The molecule has 0 atom stereocenters. The molecule has 2 N–H and O–H groups in total. The van der Waals surface area contributed by atoms with E-state index >= 15 is 0 Å². The van der Waals surface area contributed by atoms with Crippen molar-refractivity contribution in [2.75, 3.05) is 45.1 Å². The molecule has 3 aromatic heterocycles. The molecule has 11 heteroatoms. The van der Waals surface area contributed by atoms with Crippen LogP contribution in [0.3, 0.4) is 0 Å². The molecule has 1 fully saturated rings. The zero-order valence-corrected chi connectivity index (χ0v) is 22.8. The summed E-state index contributed by atoms with van der Waals surface area (Å²) in [6.45, 7) is 10.6. The second-order valence-electron chi connectivity index (χ2n) is 10.1. The van der Waals surface area contributed by atoms with Crippen LogP contribution in [0.1, 0.15) is 31.4 Å². The maximum atomic E-state index is 15.0. The Morgan fingerprint density at radius 2 is 1.77 bits per heavy atom. The molecule has 0 radical (unpaired) electrons. The zero-order valence-electron chi connectivity index (χ0n) is 22.8. The summed E-state index contributed by atoms with van der Waals surface area (Å²) >= 11 is 0. The molecule has 4 heterocycles. The lowest BCUT2D eigenvalue weighted by Crippen LogP contribution is -2.48. The van der Waals surface area contributed by atoms with Crippen molar-refractivity contribution in [2.24, 2.45) is 0 Å². The third-order valence-corrected chi connectivity index (χ3v) is 6.99. The third kappa shape index (κ3) is 6.04. The molecular weight excluding hydrogens is 497 g/mol. The topological polar surface area (TPSA) is 104 Å². The minimum Gasteiger partial charge on any atom is -0.358 e. The molecule has 204 valence electrons. The lowest BCUT2D eigenvalue weighted by atomic mass is 10.1. The number of anilines is 2. The largest absolute Gasteiger partial charge is 0.358 e. The number of nitrogens with zero attached hydrogens (tertiary/aromatic N) is 7. The Morgan fingerprint density at radius 1 is 1.00 bits per heavy atom. The van der Waals surface area contributed by atoms with E-state index in [0.29, 0.717) is 30.2 Å². The van der Waals surface area contributed by atoms with E-state index in [4.69, 9.17) is 0 Å². The Bertz CT molecular complexity index is 1460. The molecule has 0 saturated carbocycles. The van der Waals surface area contributed by atoms with E-state index in [0.717, 1.165) is 54.3 Å². The van der Waals surface area contributed by atoms with Crippen molar-refractivity contribution in [1.82, 2.24) is 39.6 Å². The van der Waals surface area contributed by atoms with Gasteiger partial charge in [-0.25, -0.2) is 19.3 Å². The lowest BCUT2D eigenvalue weighted by Gasteiger charge is -2.33. The summed E-state index contributed by atoms with van der Waals surface area (Å²) < 4.78 is 17.0. The highest BCUT2D eigenvalue weighted by Gasteiger charge is 2.19. The van der Waals surface area contributed by atoms with Crippen molar-refractivity contribution >= 4 is 28.6 Å². The van der Waals surface area contributed by atoms with Gasteiger partial charge >= 0.3 is 0 Å². The Kier molecular flexibility index (Phi) is 7.80. The molecule has 0 spiro atoms. The molecule has 0 aliphatic carbocycles. The van der Waals surface area contributed by atoms with Crippen LogP contribution < -0.4 is 10.6 Å². The number of likely N-dealkylation sites (N-methyl/N-ethyl adjacent to an activating group) is 1. The van der Waals surface area contributed by atoms with Crippen molar-refractivity contribution in [3.8, 4) is 11.1 Å². The molecule has 1 saturated heterocycles. The van der Waals surface area contributed by atoms with Gasteiger partial charge in [0.05, 0.1) is 30.1 Å². The summed E-state index contributed by atoms with van der Waals surface area (Å²) in [4.78, 5) is 34.0. The van der Waals surface area contributed by atoms with Crippen molar-refractivity contribution < 1.29 is 9.18 Å². The summed E-state index contributed by atoms with van der Waals surface area (Å²) in [6.07, 6.45) is 5.15. The first-order chi connectivity index (χ1) is 18.8. The Morgan fingerprint density at radius 3 is 2.46 bits per heavy atom. The van der Waals surface area contributed by atoms with Crippen LogP contribution in [-0.2, 0) is 11.3 Å². The summed E-state index contributed by atoms with van der Waals surface area (Å²) in [5.74, 6) is 1.66. The number of benzene rings is 1. The Balaban J connectivity index is 1.25. The molecule has 5 rings (SSSR count). The van der Waals surface area contributed by atoms with E-state index in [9.17, 15) is 9.18 Å². The van der Waals surface area contributed by atoms with E-state index in [1.165, 1.54) is 6.07 Å². The predicted molar refractivity (Wildman–Crippen MR) is 149 cm³/mol. The van der Waals surface area contributed by atoms with E-state index in [2.05, 4.69) is 54.2 Å². The fraction of sp³-hybridized carbons (Fsp3) is 0.393. The van der Waals surface area contributed by atoms with Gasteiger partial charge in [-0.1, -0.05) is 0 Å². The molecule has 1 aromatic carbocycles. The van der Waals surface area contributed by atoms with Crippen LogP contribution in [0, 0.1) is 12.7 Å². The average molecular weight is 532 g/mol. The number of halogens is 1. The van der Waals surface area contributed by atoms with Crippen LogP contribution in [0.15, 0.2) is 42.9 Å². The van der Waals surface area contributed by atoms with Gasteiger partial charge < -0.3 is 15.2 Å². The van der Waals surface area contributed by atoms with E-state index in [1.54, 1.807) is 25.6 Å². The smallest absolute Gasteiger partial charge is 0.233 e. The van der Waals surface area contributed by atoms with Crippen LogP contribution in [0.2, 0.25) is 0 Å². The summed E-state index contributed by atoms with van der Waals surface area (Å²) in [6, 6.07) is 7.39. The predicted octanol–water partition coefficient (Wildman–Crippen LogP) is 3.52. The third-order valence-electron chi connectivity index (χ3n) is 6.99. The van der Waals surface area contributed by atoms with Crippen molar-refractivity contribution in [3.63, 3.8) is 0 Å². The number of pyridine rings is 1. The normalized spacial score (nSPS) is 14.7. The maximum Gasteiger partial charge on any atom is 0.233 e. The summed E-state index contributed by atoms with van der Waals surface area (Å²) in [5.41, 5.74) is 3.63. The lowest BCUT2D eigenvalue weighted by molar-refractivity contribution is -0.122. The Hall–Kier alpha value is -3.96. The molecular formula is C28H34FN9O. The molecule has 1 aliphatic rings. The number of carbonyl (C=O) groups excluding carboxylic acids is 1. The second kappa shape index (κ2) is 11.4. The monoisotopic (exact) mass is 531 g/mol. The van der Waals surface area contributed by atoms with Crippen LogP contribution in [0.4, 0.5) is 16.0 Å². The van der Waals surface area contributed by atoms with Crippen molar-refractivity contribution in [1.29, 1.82) is 0 Å². The summed E-state index contributed by atoms with van der Waals surface area (Å²) in [7, 11) is 1.66. The van der Waals surface area contributed by atoms with E-state index < -0.39 is 0 Å².